The van der Waals surface area contributed by atoms with Gasteiger partial charge in [0, 0.05) is 26.2 Å². The van der Waals surface area contributed by atoms with Crippen LogP contribution in [0.15, 0.2) is 0 Å². The third kappa shape index (κ3) is 4.85. The van der Waals surface area contributed by atoms with Crippen molar-refractivity contribution >= 4 is 17.9 Å². The quantitative estimate of drug-likeness (QED) is 0.813. The zero-order valence-corrected chi connectivity index (χ0v) is 14.7. The molecule has 0 aromatic heterocycles. The Kier molecular flexibility index (Phi) is 6.45. The summed E-state index contributed by atoms with van der Waals surface area (Å²) in [6.45, 7) is 2.65. The summed E-state index contributed by atoms with van der Waals surface area (Å²) < 4.78 is 0. The van der Waals surface area contributed by atoms with E-state index in [1.165, 1.54) is 11.3 Å². The van der Waals surface area contributed by atoms with E-state index in [1.54, 1.807) is 11.9 Å². The maximum absolute atomic E-state index is 12.3. The normalized spacial score (nSPS) is 25.2. The Morgan fingerprint density at radius 2 is 1.83 bits per heavy atom. The molecule has 7 nitrogen and oxygen atoms in total. The lowest BCUT2D eigenvalue weighted by Crippen LogP contribution is -2.51. The van der Waals surface area contributed by atoms with Crippen LogP contribution in [-0.2, 0) is 9.59 Å². The van der Waals surface area contributed by atoms with Gasteiger partial charge in [0.2, 0.25) is 5.91 Å². The Hall–Kier alpha value is -1.79. The number of likely N-dealkylation sites (N-methyl/N-ethyl adjacent to an activating group) is 1. The number of piperidine rings is 1. The van der Waals surface area contributed by atoms with Crippen molar-refractivity contribution in [1.29, 1.82) is 0 Å². The van der Waals surface area contributed by atoms with E-state index in [1.807, 2.05) is 6.92 Å². The summed E-state index contributed by atoms with van der Waals surface area (Å²) in [5.74, 6) is -1.34. The second kappa shape index (κ2) is 8.35. The van der Waals surface area contributed by atoms with E-state index in [-0.39, 0.29) is 37.0 Å². The third-order valence-corrected chi connectivity index (χ3v) is 5.20. The second-order valence-corrected chi connectivity index (χ2v) is 7.24. The number of amides is 3. The van der Waals surface area contributed by atoms with Crippen LogP contribution in [-0.4, -0.2) is 65.5 Å². The molecule has 0 aromatic carbocycles. The number of aliphatic carboxylic acids is 1. The van der Waals surface area contributed by atoms with Crippen LogP contribution in [0.2, 0.25) is 0 Å². The smallest absolute Gasteiger partial charge is 0.317 e. The zero-order chi connectivity index (χ0) is 17.7. The van der Waals surface area contributed by atoms with E-state index in [2.05, 4.69) is 5.32 Å². The minimum absolute atomic E-state index is 0.0333. The van der Waals surface area contributed by atoms with Crippen molar-refractivity contribution in [3.05, 3.63) is 0 Å². The Balaban J connectivity index is 1.81. The van der Waals surface area contributed by atoms with Gasteiger partial charge in [0.25, 0.3) is 0 Å². The summed E-state index contributed by atoms with van der Waals surface area (Å²) in [5.41, 5.74) is 0. The molecule has 136 valence electrons. The molecule has 2 aliphatic rings. The van der Waals surface area contributed by atoms with Crippen molar-refractivity contribution in [3.8, 4) is 0 Å². The largest absolute Gasteiger partial charge is 0.481 e. The van der Waals surface area contributed by atoms with E-state index >= 15 is 0 Å². The molecule has 2 unspecified atom stereocenters. The molecule has 24 heavy (non-hydrogen) atoms. The van der Waals surface area contributed by atoms with Gasteiger partial charge in [-0.3, -0.25) is 9.59 Å². The molecule has 2 fully saturated rings. The van der Waals surface area contributed by atoms with Gasteiger partial charge in [0.05, 0.1) is 12.5 Å². The zero-order valence-electron chi connectivity index (χ0n) is 14.7. The summed E-state index contributed by atoms with van der Waals surface area (Å²) in [5, 5.41) is 11.8. The number of carbonyl (C=O) groups excluding carboxylic acids is 2. The first-order chi connectivity index (χ1) is 11.4. The topological polar surface area (TPSA) is 90.0 Å². The van der Waals surface area contributed by atoms with Crippen LogP contribution < -0.4 is 5.32 Å². The van der Waals surface area contributed by atoms with Crippen molar-refractivity contribution in [2.75, 3.05) is 26.7 Å². The Labute approximate surface area is 143 Å². The van der Waals surface area contributed by atoms with Gasteiger partial charge in [-0.2, -0.15) is 0 Å². The highest BCUT2D eigenvalue weighted by molar-refractivity contribution is 5.84. The highest BCUT2D eigenvalue weighted by Gasteiger charge is 2.32. The summed E-state index contributed by atoms with van der Waals surface area (Å²) in [4.78, 5) is 39.0. The van der Waals surface area contributed by atoms with Crippen LogP contribution in [0.25, 0.3) is 0 Å². The summed E-state index contributed by atoms with van der Waals surface area (Å²) >= 11 is 0. The fraction of sp³-hybridized carbons (Fsp3) is 0.824. The van der Waals surface area contributed by atoms with Gasteiger partial charge in [-0.05, 0) is 25.2 Å². The first-order valence-corrected chi connectivity index (χ1v) is 8.89. The van der Waals surface area contributed by atoms with Crippen molar-refractivity contribution in [3.63, 3.8) is 0 Å². The Morgan fingerprint density at radius 3 is 2.46 bits per heavy atom. The predicted molar refractivity (Wildman–Crippen MR) is 89.5 cm³/mol. The standard InChI is InChI=1S/C17H29N3O4/c1-12-8-13(16(22)23)11-20(10-12)17(24)18-9-15(21)19(2)14-6-4-3-5-7-14/h12-14H,3-11H2,1-2H3,(H,18,24)(H,22,23). The number of likely N-dealkylation sites (tertiary alicyclic amines) is 1. The van der Waals surface area contributed by atoms with Crippen LogP contribution in [0.4, 0.5) is 4.79 Å². The number of nitrogens with one attached hydrogen (secondary N) is 1. The minimum Gasteiger partial charge on any atom is -0.481 e. The molecule has 2 atom stereocenters. The SMILES string of the molecule is CC1CC(C(=O)O)CN(C(=O)NCC(=O)N(C)C2CCCCC2)C1. The van der Waals surface area contributed by atoms with Gasteiger partial charge in [0.15, 0.2) is 0 Å². The number of urea groups is 1. The third-order valence-electron chi connectivity index (χ3n) is 5.20. The molecule has 1 aliphatic carbocycles. The van der Waals surface area contributed by atoms with Crippen LogP contribution >= 0.6 is 0 Å². The molecule has 1 heterocycles. The first-order valence-electron chi connectivity index (χ1n) is 8.89. The van der Waals surface area contributed by atoms with E-state index < -0.39 is 11.9 Å². The highest BCUT2D eigenvalue weighted by Crippen LogP contribution is 2.22. The van der Waals surface area contributed by atoms with E-state index in [4.69, 9.17) is 0 Å². The lowest BCUT2D eigenvalue weighted by molar-refractivity contribution is -0.143. The molecule has 0 aromatic rings. The monoisotopic (exact) mass is 339 g/mol. The molecule has 1 saturated heterocycles. The average Bonchev–Trinajstić information content (AvgIpc) is 2.58. The molecule has 1 aliphatic heterocycles. The van der Waals surface area contributed by atoms with E-state index in [0.717, 1.165) is 25.7 Å². The van der Waals surface area contributed by atoms with Crippen molar-refractivity contribution < 1.29 is 19.5 Å². The highest BCUT2D eigenvalue weighted by atomic mass is 16.4. The predicted octanol–water partition coefficient (Wildman–Crippen LogP) is 1.53. The van der Waals surface area contributed by atoms with Gasteiger partial charge in [-0.1, -0.05) is 26.2 Å². The number of hydrogen-bond donors (Lipinski definition) is 2. The van der Waals surface area contributed by atoms with Gasteiger partial charge in [0.1, 0.15) is 0 Å². The van der Waals surface area contributed by atoms with E-state index in [0.29, 0.717) is 13.0 Å². The van der Waals surface area contributed by atoms with Crippen LogP contribution in [0, 0.1) is 11.8 Å². The fourth-order valence-corrected chi connectivity index (χ4v) is 3.76. The van der Waals surface area contributed by atoms with Crippen molar-refractivity contribution in [2.45, 2.75) is 51.5 Å². The number of carboxylic acids is 1. The van der Waals surface area contributed by atoms with Gasteiger partial charge in [-0.25, -0.2) is 4.79 Å². The van der Waals surface area contributed by atoms with Crippen LogP contribution in [0.1, 0.15) is 45.4 Å². The molecule has 1 saturated carbocycles. The number of nitrogens with zero attached hydrogens (tertiary/aromatic N) is 2. The molecule has 0 radical (unpaired) electrons. The van der Waals surface area contributed by atoms with E-state index in [9.17, 15) is 19.5 Å². The molecule has 7 heteroatoms. The molecular weight excluding hydrogens is 310 g/mol. The van der Waals surface area contributed by atoms with Crippen LogP contribution in [0.3, 0.4) is 0 Å². The summed E-state index contributed by atoms with van der Waals surface area (Å²) in [6, 6.07) is -0.0762. The number of carbonyl (C=O) groups is 3. The van der Waals surface area contributed by atoms with Gasteiger partial charge >= 0.3 is 12.0 Å². The minimum atomic E-state index is -0.868. The maximum Gasteiger partial charge on any atom is 0.317 e. The lowest BCUT2D eigenvalue weighted by Gasteiger charge is -2.35. The van der Waals surface area contributed by atoms with Gasteiger partial charge < -0.3 is 20.2 Å². The second-order valence-electron chi connectivity index (χ2n) is 7.24. The van der Waals surface area contributed by atoms with Crippen molar-refractivity contribution in [2.24, 2.45) is 11.8 Å². The maximum atomic E-state index is 12.3. The van der Waals surface area contributed by atoms with Crippen LogP contribution in [0.5, 0.6) is 0 Å². The molecule has 2 N–H and O–H groups in total. The molecule has 3 amide bonds. The molecule has 2 rings (SSSR count). The fourth-order valence-electron chi connectivity index (χ4n) is 3.76. The summed E-state index contributed by atoms with van der Waals surface area (Å²) in [7, 11) is 1.80. The molecular formula is C17H29N3O4. The van der Waals surface area contributed by atoms with Crippen molar-refractivity contribution in [1.82, 2.24) is 15.1 Å². The number of hydrogen-bond acceptors (Lipinski definition) is 3. The molecule has 0 spiro atoms. The number of rotatable bonds is 4. The average molecular weight is 339 g/mol. The summed E-state index contributed by atoms with van der Waals surface area (Å²) in [6.07, 6.45) is 6.17. The first kappa shape index (κ1) is 18.5. The molecule has 0 bridgehead atoms. The van der Waals surface area contributed by atoms with Gasteiger partial charge in [-0.15, -0.1) is 0 Å². The lowest BCUT2D eigenvalue weighted by atomic mass is 9.91. The Bertz CT molecular complexity index is 476. The number of carboxylic acid groups (broad SMARTS) is 1. The Morgan fingerprint density at radius 1 is 1.17 bits per heavy atom.